The number of ether oxygens (including phenoxy) is 1. The Labute approximate surface area is 147 Å². The van der Waals surface area contributed by atoms with Crippen molar-refractivity contribution in [2.24, 2.45) is 0 Å². The number of methoxy groups -OCH3 is 1. The van der Waals surface area contributed by atoms with Gasteiger partial charge in [-0.1, -0.05) is 11.6 Å². The molecule has 0 spiro atoms. The average molecular weight is 394 g/mol. The second kappa shape index (κ2) is 6.56. The second-order valence-corrected chi connectivity index (χ2v) is 5.39. The van der Waals surface area contributed by atoms with E-state index in [4.69, 9.17) is 11.6 Å². The van der Waals surface area contributed by atoms with E-state index < -0.39 is 29.9 Å². The molecule has 1 aromatic carbocycles. The van der Waals surface area contributed by atoms with E-state index in [1.54, 1.807) is 0 Å². The predicted octanol–water partition coefficient (Wildman–Crippen LogP) is 3.71. The maximum atomic E-state index is 14.4. The van der Waals surface area contributed by atoms with Gasteiger partial charge in [-0.25, -0.2) is 8.78 Å². The fourth-order valence-corrected chi connectivity index (χ4v) is 2.55. The van der Waals surface area contributed by atoms with Crippen LogP contribution in [0.5, 0.6) is 5.75 Å². The summed E-state index contributed by atoms with van der Waals surface area (Å²) in [6.45, 7) is -1.46. The Balaban J connectivity index is 2.25. The van der Waals surface area contributed by atoms with E-state index >= 15 is 0 Å². The third-order valence-electron chi connectivity index (χ3n) is 3.35. The van der Waals surface area contributed by atoms with Crippen LogP contribution in [-0.2, 0) is 0 Å². The molecule has 3 aromatic rings. The molecule has 2 heterocycles. The van der Waals surface area contributed by atoms with Crippen LogP contribution in [0.3, 0.4) is 0 Å². The van der Waals surface area contributed by atoms with E-state index in [9.17, 15) is 22.0 Å². The van der Waals surface area contributed by atoms with Crippen LogP contribution in [-0.4, -0.2) is 39.4 Å². The van der Waals surface area contributed by atoms with Gasteiger partial charge in [0.05, 0.1) is 12.7 Å². The van der Waals surface area contributed by atoms with Gasteiger partial charge in [-0.2, -0.15) is 32.8 Å². The van der Waals surface area contributed by atoms with Gasteiger partial charge in [0.25, 0.3) is 5.78 Å². The van der Waals surface area contributed by atoms with Gasteiger partial charge in [-0.05, 0) is 6.07 Å². The SMILES string of the molecule is COc1cc(F)c(-c2c(Cl)nc3ncnn3c2NCC(F)(F)F)cc1F. The number of nitrogens with zero attached hydrogens (tertiary/aromatic N) is 4. The number of hydrogen-bond donors (Lipinski definition) is 1. The zero-order valence-electron chi connectivity index (χ0n) is 12.9. The Morgan fingerprint density at radius 2 is 1.96 bits per heavy atom. The average Bonchev–Trinajstić information content (AvgIpc) is 3.01. The Kier molecular flexibility index (Phi) is 4.57. The molecule has 0 aliphatic carbocycles. The van der Waals surface area contributed by atoms with Crippen LogP contribution < -0.4 is 10.1 Å². The number of rotatable bonds is 4. The molecule has 12 heteroatoms. The van der Waals surface area contributed by atoms with Crippen molar-refractivity contribution >= 4 is 23.2 Å². The third-order valence-corrected chi connectivity index (χ3v) is 3.62. The lowest BCUT2D eigenvalue weighted by Crippen LogP contribution is -2.23. The van der Waals surface area contributed by atoms with E-state index in [1.165, 1.54) is 0 Å². The molecule has 0 aliphatic heterocycles. The first-order valence-electron chi connectivity index (χ1n) is 6.94. The monoisotopic (exact) mass is 393 g/mol. The highest BCUT2D eigenvalue weighted by Crippen LogP contribution is 2.38. The maximum absolute atomic E-state index is 14.4. The molecule has 138 valence electrons. The highest BCUT2D eigenvalue weighted by Gasteiger charge is 2.29. The third kappa shape index (κ3) is 3.34. The number of aromatic nitrogens is 4. The summed E-state index contributed by atoms with van der Waals surface area (Å²) >= 11 is 6.01. The topological polar surface area (TPSA) is 64.3 Å². The van der Waals surface area contributed by atoms with Crippen molar-refractivity contribution in [1.29, 1.82) is 0 Å². The molecule has 0 bridgehead atoms. The molecule has 0 atom stereocenters. The summed E-state index contributed by atoms with van der Waals surface area (Å²) in [5.74, 6) is -2.72. The molecule has 0 amide bonds. The Morgan fingerprint density at radius 1 is 1.23 bits per heavy atom. The van der Waals surface area contributed by atoms with Crippen molar-refractivity contribution in [3.63, 3.8) is 0 Å². The molecule has 0 unspecified atom stereocenters. The molecule has 0 saturated carbocycles. The van der Waals surface area contributed by atoms with Crippen LogP contribution in [0.25, 0.3) is 16.9 Å². The molecular weight excluding hydrogens is 385 g/mol. The largest absolute Gasteiger partial charge is 0.494 e. The fourth-order valence-electron chi connectivity index (χ4n) is 2.28. The van der Waals surface area contributed by atoms with Crippen LogP contribution in [0.4, 0.5) is 27.8 Å². The minimum Gasteiger partial charge on any atom is -0.494 e. The normalized spacial score (nSPS) is 11.8. The van der Waals surface area contributed by atoms with E-state index in [0.717, 1.165) is 30.1 Å². The van der Waals surface area contributed by atoms with Gasteiger partial charge < -0.3 is 10.1 Å². The van der Waals surface area contributed by atoms with Crippen molar-refractivity contribution < 1.29 is 26.7 Å². The minimum absolute atomic E-state index is 0.113. The van der Waals surface area contributed by atoms with E-state index in [0.29, 0.717) is 0 Å². The lowest BCUT2D eigenvalue weighted by molar-refractivity contribution is -0.115. The van der Waals surface area contributed by atoms with Crippen molar-refractivity contribution in [1.82, 2.24) is 19.6 Å². The molecule has 3 rings (SSSR count). The second-order valence-electron chi connectivity index (χ2n) is 5.03. The first-order chi connectivity index (χ1) is 12.2. The maximum Gasteiger partial charge on any atom is 0.405 e. The molecule has 0 fully saturated rings. The zero-order valence-corrected chi connectivity index (χ0v) is 13.7. The van der Waals surface area contributed by atoms with Crippen molar-refractivity contribution in [3.05, 3.63) is 35.2 Å². The van der Waals surface area contributed by atoms with E-state index in [-0.39, 0.29) is 28.1 Å². The van der Waals surface area contributed by atoms with Crippen LogP contribution in [0.15, 0.2) is 18.5 Å². The van der Waals surface area contributed by atoms with Crippen molar-refractivity contribution in [2.45, 2.75) is 6.18 Å². The Bertz CT molecular complexity index is 974. The highest BCUT2D eigenvalue weighted by molar-refractivity contribution is 6.33. The summed E-state index contributed by atoms with van der Waals surface area (Å²) in [7, 11) is 1.14. The van der Waals surface area contributed by atoms with Gasteiger partial charge in [0, 0.05) is 11.6 Å². The fraction of sp³-hybridized carbons (Fsp3) is 0.214. The van der Waals surface area contributed by atoms with E-state index in [1.807, 2.05) is 0 Å². The van der Waals surface area contributed by atoms with Gasteiger partial charge in [0.15, 0.2) is 11.6 Å². The minimum atomic E-state index is -4.58. The summed E-state index contributed by atoms with van der Waals surface area (Å²) in [6, 6.07) is 1.50. The number of hydrogen-bond acceptors (Lipinski definition) is 5. The number of benzene rings is 1. The molecule has 0 aliphatic rings. The zero-order chi connectivity index (χ0) is 19.1. The molecule has 0 saturated heterocycles. The predicted molar refractivity (Wildman–Crippen MR) is 82.2 cm³/mol. The van der Waals surface area contributed by atoms with E-state index in [2.05, 4.69) is 25.1 Å². The summed E-state index contributed by atoms with van der Waals surface area (Å²) in [6.07, 6.45) is -3.55. The lowest BCUT2D eigenvalue weighted by Gasteiger charge is -2.16. The van der Waals surface area contributed by atoms with Crippen LogP contribution >= 0.6 is 11.6 Å². The standard InChI is InChI=1S/C14H9ClF5N5O/c1-26-9-3-7(16)6(2-8(9)17)10-11(15)24-13-22-5-23-25(13)12(10)21-4-14(18,19)20/h2-3,5,21H,4H2,1H3. The van der Waals surface area contributed by atoms with Crippen LogP contribution in [0.2, 0.25) is 5.15 Å². The molecule has 2 aromatic heterocycles. The first-order valence-corrected chi connectivity index (χ1v) is 7.32. The molecule has 1 N–H and O–H groups in total. The molecule has 0 radical (unpaired) electrons. The smallest absolute Gasteiger partial charge is 0.405 e. The Morgan fingerprint density at radius 3 is 2.62 bits per heavy atom. The summed E-state index contributed by atoms with van der Waals surface area (Å²) in [4.78, 5) is 7.58. The quantitative estimate of drug-likeness (QED) is 0.541. The molecule has 26 heavy (non-hydrogen) atoms. The summed E-state index contributed by atoms with van der Waals surface area (Å²) < 4.78 is 71.9. The lowest BCUT2D eigenvalue weighted by atomic mass is 10.1. The summed E-state index contributed by atoms with van der Waals surface area (Å²) in [5.41, 5.74) is -0.712. The van der Waals surface area contributed by atoms with Gasteiger partial charge >= 0.3 is 6.18 Å². The van der Waals surface area contributed by atoms with Gasteiger partial charge in [0.1, 0.15) is 29.7 Å². The Hall–Kier alpha value is -2.69. The van der Waals surface area contributed by atoms with Crippen molar-refractivity contribution in [2.75, 3.05) is 19.0 Å². The molecule has 6 nitrogen and oxygen atoms in total. The number of nitrogens with one attached hydrogen (secondary N) is 1. The van der Waals surface area contributed by atoms with Crippen LogP contribution in [0, 0.1) is 11.6 Å². The molecular formula is C14H9ClF5N5O. The summed E-state index contributed by atoms with van der Waals surface area (Å²) in [5, 5.41) is 5.46. The van der Waals surface area contributed by atoms with Gasteiger partial charge in [0.2, 0.25) is 0 Å². The van der Waals surface area contributed by atoms with Crippen LogP contribution in [0.1, 0.15) is 0 Å². The number of alkyl halides is 3. The number of halogens is 6. The van der Waals surface area contributed by atoms with Crippen molar-refractivity contribution in [3.8, 4) is 16.9 Å². The highest BCUT2D eigenvalue weighted by atomic mass is 35.5. The first kappa shape index (κ1) is 18.1. The number of fused-ring (bicyclic) bond motifs is 1. The van der Waals surface area contributed by atoms with Gasteiger partial charge in [-0.3, -0.25) is 0 Å². The van der Waals surface area contributed by atoms with Gasteiger partial charge in [-0.15, -0.1) is 0 Å². The number of anilines is 1.